The molecule has 0 spiro atoms. The van der Waals surface area contributed by atoms with E-state index in [4.69, 9.17) is 0 Å². The van der Waals surface area contributed by atoms with Gasteiger partial charge in [0, 0.05) is 77.0 Å². The number of aliphatic hydroxyl groups is 1. The molecule has 0 radical (unpaired) electrons. The Morgan fingerprint density at radius 1 is 0.568 bits per heavy atom. The number of carbonyl (C=O) groups excluding carboxylic acids is 13. The quantitative estimate of drug-likeness (QED) is 0.142. The van der Waals surface area contributed by atoms with Gasteiger partial charge in [-0.15, -0.1) is 0 Å². The Morgan fingerprint density at radius 2 is 1.15 bits per heavy atom. The fourth-order valence-corrected chi connectivity index (χ4v) is 13.0. The standard InChI is InChI=1S/C72H107N9O14/c1-13-45(8)63-61(86)40-54(48(11)82)67(90)73-41-53(83)37-52(70(93)80-29-21-16-22-30-80)39-62(87)74-47(10)59(84)34-46(9)65(88)76-56(33-43(4)5)71(94)79(12)64(44(6)7)69(92)75-55(32-42(2)3)60(85)38-51(35-49-24-17-14-18-25-49)66(89)77-57(36-50-26-19-15-20-27-50)72(95)81-31-23-28-58(81)68(91)78-63/h14-15,17-20,24-27,42-48,51-52,54-58,63-64,82H,13,16,21-23,28-41H2,1-12H3,(H,73,90)(H,74,87)(H,75,92)(H,76,88)(H,77,89)(H,78,91)/t45-,46+,47-,48+,51+,52-,54?,55-,56-,57-,58-,63-,64-/m0/s1. The third-order valence-electron chi connectivity index (χ3n) is 18.7. The van der Waals surface area contributed by atoms with E-state index in [1.807, 2.05) is 52.8 Å². The average molecular weight is 1320 g/mol. The molecule has 0 aromatic heterocycles. The lowest BCUT2D eigenvalue weighted by Crippen LogP contribution is -2.58. The highest BCUT2D eigenvalue weighted by molar-refractivity contribution is 6.00. The van der Waals surface area contributed by atoms with E-state index in [1.165, 1.54) is 37.6 Å². The predicted molar refractivity (Wildman–Crippen MR) is 358 cm³/mol. The normalized spacial score (nSPS) is 27.5. The van der Waals surface area contributed by atoms with Crippen LogP contribution in [0.2, 0.25) is 0 Å². The minimum Gasteiger partial charge on any atom is -0.393 e. The summed E-state index contributed by atoms with van der Waals surface area (Å²) in [5.41, 5.74) is 1.40. The number of ketones is 4. The van der Waals surface area contributed by atoms with Crippen LogP contribution < -0.4 is 31.9 Å². The lowest BCUT2D eigenvalue weighted by atomic mass is 9.87. The summed E-state index contributed by atoms with van der Waals surface area (Å²) in [4.78, 5) is 192. The van der Waals surface area contributed by atoms with E-state index < -0.39 is 186 Å². The van der Waals surface area contributed by atoms with Crippen molar-refractivity contribution in [1.29, 1.82) is 0 Å². The highest BCUT2D eigenvalue weighted by atomic mass is 16.3. The molecule has 0 aliphatic carbocycles. The minimum absolute atomic E-state index is 0.00631. The molecule has 5 rings (SSSR count). The number of fused-ring (bicyclic) bond motifs is 1. The van der Waals surface area contributed by atoms with Gasteiger partial charge >= 0.3 is 0 Å². The van der Waals surface area contributed by atoms with Crippen molar-refractivity contribution in [2.24, 2.45) is 47.3 Å². The molecule has 3 aliphatic rings. The molecule has 3 aliphatic heterocycles. The first-order chi connectivity index (χ1) is 44.9. The fourth-order valence-electron chi connectivity index (χ4n) is 13.0. The third-order valence-corrected chi connectivity index (χ3v) is 18.7. The van der Waals surface area contributed by atoms with Gasteiger partial charge in [0.25, 0.3) is 0 Å². The van der Waals surface area contributed by atoms with Crippen LogP contribution in [0.15, 0.2) is 60.7 Å². The molecule has 3 heterocycles. The van der Waals surface area contributed by atoms with E-state index in [0.29, 0.717) is 49.9 Å². The summed E-state index contributed by atoms with van der Waals surface area (Å²) in [6, 6.07) is 9.82. The van der Waals surface area contributed by atoms with E-state index in [-0.39, 0.29) is 63.3 Å². The van der Waals surface area contributed by atoms with Crippen LogP contribution in [0.5, 0.6) is 0 Å². The molecule has 0 saturated carbocycles. The number of Topliss-reactive ketones (excluding diaryl/α,β-unsaturated/α-hetero) is 4. The lowest BCUT2D eigenvalue weighted by Gasteiger charge is -2.35. The Hall–Kier alpha value is -7.69. The molecule has 7 N–H and O–H groups in total. The van der Waals surface area contributed by atoms with Gasteiger partial charge in [0.05, 0.1) is 42.6 Å². The van der Waals surface area contributed by atoms with Crippen molar-refractivity contribution in [2.45, 2.75) is 221 Å². The van der Waals surface area contributed by atoms with E-state index in [9.17, 15) is 57.8 Å². The van der Waals surface area contributed by atoms with Crippen molar-refractivity contribution in [3.05, 3.63) is 71.8 Å². The number of likely N-dealkylation sites (N-methyl/N-ethyl adjacent to an activating group) is 1. The molecule has 95 heavy (non-hydrogen) atoms. The van der Waals surface area contributed by atoms with Gasteiger partial charge in [0.1, 0.15) is 24.2 Å². The number of hydrogen-bond donors (Lipinski definition) is 7. The molecule has 23 heteroatoms. The summed E-state index contributed by atoms with van der Waals surface area (Å²) in [5.74, 6) is -14.1. The number of piperidine rings is 1. The molecular weight excluding hydrogens is 1210 g/mol. The monoisotopic (exact) mass is 1320 g/mol. The lowest BCUT2D eigenvalue weighted by molar-refractivity contribution is -0.145. The second kappa shape index (κ2) is 37.6. The Labute approximate surface area is 561 Å². The van der Waals surface area contributed by atoms with Crippen molar-refractivity contribution in [3.63, 3.8) is 0 Å². The Kier molecular flexibility index (Phi) is 30.8. The molecule has 9 amide bonds. The molecule has 23 nitrogen and oxygen atoms in total. The molecule has 0 bridgehead atoms. The van der Waals surface area contributed by atoms with Crippen LogP contribution in [-0.2, 0) is 75.2 Å². The summed E-state index contributed by atoms with van der Waals surface area (Å²) in [5, 5.41) is 27.8. The maximum Gasteiger partial charge on any atom is 0.246 e. The molecular formula is C72H107N9O14. The number of nitrogens with one attached hydrogen (secondary N) is 6. The third kappa shape index (κ3) is 23.6. The van der Waals surface area contributed by atoms with Crippen LogP contribution in [-0.4, -0.2) is 178 Å². The van der Waals surface area contributed by atoms with Crippen LogP contribution in [0, 0.1) is 47.3 Å². The van der Waals surface area contributed by atoms with Crippen molar-refractivity contribution >= 4 is 76.3 Å². The SMILES string of the molecule is CC[C@H](C)[C@@H]1NC(=O)[C@@H]2CCCN2C(=O)[C@H](Cc2ccccc2)NC(=O)[C@H](Cc2ccccc2)CC(=O)[C@H](CC(C)C)NC(=O)[C@H](C(C)C)N(C)C(=O)[C@H](CC(C)C)NC(=O)[C@H](C)CC(=O)[C@H](C)NC(=O)C[C@@H](C(=O)N2CCCCC2)CC(=O)CNC(=O)C([C@@H](C)O)CC1=O. The van der Waals surface area contributed by atoms with E-state index in [0.717, 1.165) is 6.42 Å². The van der Waals surface area contributed by atoms with Crippen molar-refractivity contribution in [3.8, 4) is 0 Å². The van der Waals surface area contributed by atoms with Crippen molar-refractivity contribution < 1.29 is 67.4 Å². The zero-order valence-corrected chi connectivity index (χ0v) is 58.0. The van der Waals surface area contributed by atoms with Gasteiger partial charge in [-0.05, 0) is 100 Å². The van der Waals surface area contributed by atoms with Gasteiger partial charge in [-0.25, -0.2) is 0 Å². The number of hydrogen-bond acceptors (Lipinski definition) is 14. The highest BCUT2D eigenvalue weighted by Gasteiger charge is 2.43. The van der Waals surface area contributed by atoms with Gasteiger partial charge in [0.15, 0.2) is 23.1 Å². The Morgan fingerprint density at radius 3 is 1.73 bits per heavy atom. The summed E-state index contributed by atoms with van der Waals surface area (Å²) < 4.78 is 0. The molecule has 2 aromatic carbocycles. The fraction of sp³-hybridized carbons (Fsp3) is 0.653. The number of aliphatic hydroxyl groups excluding tert-OH is 1. The zero-order valence-electron chi connectivity index (χ0n) is 58.0. The second-order valence-corrected chi connectivity index (χ2v) is 28.0. The zero-order chi connectivity index (χ0) is 70.4. The molecule has 3 saturated heterocycles. The van der Waals surface area contributed by atoms with Crippen molar-refractivity contribution in [2.75, 3.05) is 33.2 Å². The molecule has 2 aromatic rings. The number of nitrogens with zero attached hydrogens (tertiary/aromatic N) is 3. The first-order valence-corrected chi connectivity index (χ1v) is 34.4. The van der Waals surface area contributed by atoms with E-state index in [1.54, 1.807) is 68.1 Å². The maximum atomic E-state index is 15.2. The first kappa shape index (κ1) is 78.0. The summed E-state index contributed by atoms with van der Waals surface area (Å²) in [6.45, 7) is 19.0. The van der Waals surface area contributed by atoms with Gasteiger partial charge in [0.2, 0.25) is 53.2 Å². The molecule has 13 atom stereocenters. The highest BCUT2D eigenvalue weighted by Crippen LogP contribution is 2.26. The van der Waals surface area contributed by atoms with Gasteiger partial charge in [-0.1, -0.05) is 129 Å². The van der Waals surface area contributed by atoms with Crippen LogP contribution >= 0.6 is 0 Å². The molecule has 3 fully saturated rings. The average Bonchev–Trinajstić information content (AvgIpc) is 1.80. The van der Waals surface area contributed by atoms with Crippen LogP contribution in [0.1, 0.15) is 171 Å². The number of rotatable bonds is 13. The van der Waals surface area contributed by atoms with Crippen LogP contribution in [0.3, 0.4) is 0 Å². The van der Waals surface area contributed by atoms with Gasteiger partial charge in [-0.2, -0.15) is 0 Å². The summed E-state index contributed by atoms with van der Waals surface area (Å²) in [7, 11) is 1.45. The summed E-state index contributed by atoms with van der Waals surface area (Å²) >= 11 is 0. The number of benzene rings is 2. The largest absolute Gasteiger partial charge is 0.393 e. The van der Waals surface area contributed by atoms with Crippen LogP contribution in [0.4, 0.5) is 0 Å². The van der Waals surface area contributed by atoms with E-state index in [2.05, 4.69) is 31.9 Å². The van der Waals surface area contributed by atoms with Gasteiger partial charge < -0.3 is 51.7 Å². The predicted octanol–water partition coefficient (Wildman–Crippen LogP) is 4.76. The minimum atomic E-state index is -1.42. The first-order valence-electron chi connectivity index (χ1n) is 34.4. The number of amides is 9. The maximum absolute atomic E-state index is 15.2. The number of likely N-dealkylation sites (tertiary alicyclic amines) is 1. The topological polar surface area (TPSA) is 324 Å². The van der Waals surface area contributed by atoms with Crippen LogP contribution in [0.25, 0.3) is 0 Å². The van der Waals surface area contributed by atoms with Gasteiger partial charge in [-0.3, -0.25) is 62.3 Å². The number of carbonyl (C=O) groups is 13. The Bertz CT molecular complexity index is 2990. The van der Waals surface area contributed by atoms with E-state index >= 15 is 9.59 Å². The molecule has 1 unspecified atom stereocenters. The van der Waals surface area contributed by atoms with Crippen molar-refractivity contribution in [1.82, 2.24) is 46.6 Å². The Balaban J connectivity index is 1.55. The second-order valence-electron chi connectivity index (χ2n) is 28.0. The summed E-state index contributed by atoms with van der Waals surface area (Å²) in [6.07, 6.45) is -0.0663. The molecule has 524 valence electrons. The smallest absolute Gasteiger partial charge is 0.246 e.